The zero-order valence-electron chi connectivity index (χ0n) is 11.2. The highest BCUT2D eigenvalue weighted by molar-refractivity contribution is 7.15. The van der Waals surface area contributed by atoms with Crippen LogP contribution in [0, 0.1) is 0 Å². The second-order valence-corrected chi connectivity index (χ2v) is 6.09. The lowest BCUT2D eigenvalue weighted by atomic mass is 10.2. The monoisotopic (exact) mass is 290 g/mol. The molecule has 1 fully saturated rings. The fourth-order valence-electron chi connectivity index (χ4n) is 2.44. The second-order valence-electron chi connectivity index (χ2n) is 4.94. The number of benzene rings is 1. The number of nitrogens with two attached hydrogens (primary N) is 1. The number of hydrogen-bond acceptors (Lipinski definition) is 6. The first kappa shape index (κ1) is 13.2. The van der Waals surface area contributed by atoms with E-state index in [1.54, 1.807) is 23.5 Å². The van der Waals surface area contributed by atoms with Gasteiger partial charge in [0.25, 0.3) is 0 Å². The molecule has 3 rings (SSSR count). The van der Waals surface area contributed by atoms with Crippen LogP contribution < -0.4 is 10.6 Å². The van der Waals surface area contributed by atoms with Crippen LogP contribution in [0.1, 0.15) is 4.88 Å². The number of anilines is 2. The normalized spacial score (nSPS) is 16.5. The number of phenolic OH excluding ortho intramolecular Hbond substituents is 1. The fourth-order valence-corrected chi connectivity index (χ4v) is 3.17. The van der Waals surface area contributed by atoms with Gasteiger partial charge in [-0.15, -0.1) is 11.3 Å². The topological polar surface area (TPSA) is 65.6 Å². The zero-order chi connectivity index (χ0) is 13.9. The summed E-state index contributed by atoms with van der Waals surface area (Å²) in [5.74, 6) is 0.315. The molecule has 0 spiro atoms. The van der Waals surface area contributed by atoms with E-state index in [9.17, 15) is 5.11 Å². The van der Waals surface area contributed by atoms with Gasteiger partial charge in [-0.3, -0.25) is 4.90 Å². The number of aromatic nitrogens is 1. The van der Waals surface area contributed by atoms with Gasteiger partial charge in [-0.25, -0.2) is 4.98 Å². The van der Waals surface area contributed by atoms with Crippen molar-refractivity contribution in [1.29, 1.82) is 0 Å². The maximum Gasteiger partial charge on any atom is 0.180 e. The Morgan fingerprint density at radius 3 is 2.45 bits per heavy atom. The summed E-state index contributed by atoms with van der Waals surface area (Å²) < 4.78 is 0. The molecule has 1 aliphatic rings. The minimum absolute atomic E-state index is 0.315. The maximum absolute atomic E-state index is 9.32. The molecule has 0 aliphatic carbocycles. The molecule has 0 bridgehead atoms. The number of phenols is 1. The minimum atomic E-state index is 0.315. The Morgan fingerprint density at radius 1 is 1.15 bits per heavy atom. The van der Waals surface area contributed by atoms with Crippen molar-refractivity contribution in [3.05, 3.63) is 35.3 Å². The quantitative estimate of drug-likeness (QED) is 0.901. The molecular weight excluding hydrogens is 272 g/mol. The van der Waals surface area contributed by atoms with Crippen molar-refractivity contribution in [3.8, 4) is 5.75 Å². The summed E-state index contributed by atoms with van der Waals surface area (Å²) in [6.07, 6.45) is 1.87. The smallest absolute Gasteiger partial charge is 0.180 e. The summed E-state index contributed by atoms with van der Waals surface area (Å²) >= 11 is 1.56. The molecule has 1 saturated heterocycles. The van der Waals surface area contributed by atoms with Gasteiger partial charge in [-0.05, 0) is 24.3 Å². The molecule has 3 N–H and O–H groups in total. The average Bonchev–Trinajstić information content (AvgIpc) is 2.86. The predicted octanol–water partition coefficient (Wildman–Crippen LogP) is 1.75. The Kier molecular flexibility index (Phi) is 3.75. The van der Waals surface area contributed by atoms with Crippen LogP contribution in [0.2, 0.25) is 0 Å². The number of piperazine rings is 1. The number of hydrogen-bond donors (Lipinski definition) is 2. The predicted molar refractivity (Wildman–Crippen MR) is 82.1 cm³/mol. The Morgan fingerprint density at radius 2 is 1.85 bits per heavy atom. The van der Waals surface area contributed by atoms with E-state index in [2.05, 4.69) is 14.8 Å². The van der Waals surface area contributed by atoms with Crippen molar-refractivity contribution in [1.82, 2.24) is 9.88 Å². The largest absolute Gasteiger partial charge is 0.508 e. The van der Waals surface area contributed by atoms with E-state index in [1.807, 2.05) is 18.3 Å². The van der Waals surface area contributed by atoms with E-state index in [0.717, 1.165) is 32.7 Å². The van der Waals surface area contributed by atoms with Crippen LogP contribution in [0.3, 0.4) is 0 Å². The number of thiazole rings is 1. The Hall–Kier alpha value is -1.79. The summed E-state index contributed by atoms with van der Waals surface area (Å²) in [5, 5.41) is 9.96. The molecule has 1 aromatic carbocycles. The van der Waals surface area contributed by atoms with Crippen LogP contribution in [0.25, 0.3) is 0 Å². The van der Waals surface area contributed by atoms with E-state index in [4.69, 9.17) is 5.73 Å². The third-order valence-corrected chi connectivity index (χ3v) is 4.35. The van der Waals surface area contributed by atoms with Crippen LogP contribution in [0.4, 0.5) is 10.8 Å². The van der Waals surface area contributed by atoms with Gasteiger partial charge >= 0.3 is 0 Å². The van der Waals surface area contributed by atoms with Gasteiger partial charge < -0.3 is 15.7 Å². The molecule has 5 nitrogen and oxygen atoms in total. The molecule has 2 heterocycles. The molecule has 0 saturated carbocycles. The molecule has 0 unspecified atom stereocenters. The zero-order valence-corrected chi connectivity index (χ0v) is 12.0. The van der Waals surface area contributed by atoms with Gasteiger partial charge in [0, 0.05) is 49.5 Å². The summed E-state index contributed by atoms with van der Waals surface area (Å²) in [4.78, 5) is 10.1. The second kappa shape index (κ2) is 5.68. The SMILES string of the molecule is Nc1ncc(CN2CCN(c3ccc(O)cc3)CC2)s1. The van der Waals surface area contributed by atoms with Crippen LogP contribution in [-0.2, 0) is 6.54 Å². The lowest BCUT2D eigenvalue weighted by Gasteiger charge is -2.35. The molecule has 1 aliphatic heterocycles. The van der Waals surface area contributed by atoms with E-state index < -0.39 is 0 Å². The fraction of sp³-hybridized carbons (Fsp3) is 0.357. The van der Waals surface area contributed by atoms with E-state index in [0.29, 0.717) is 10.9 Å². The molecule has 0 amide bonds. The molecule has 0 atom stereocenters. The van der Waals surface area contributed by atoms with E-state index >= 15 is 0 Å². The highest BCUT2D eigenvalue weighted by Crippen LogP contribution is 2.21. The van der Waals surface area contributed by atoms with Crippen molar-refractivity contribution in [2.45, 2.75) is 6.54 Å². The molecular formula is C14H18N4OS. The summed E-state index contributed by atoms with van der Waals surface area (Å²) in [6, 6.07) is 7.41. The Labute approximate surface area is 122 Å². The summed E-state index contributed by atoms with van der Waals surface area (Å²) in [5.41, 5.74) is 6.83. The van der Waals surface area contributed by atoms with Crippen LogP contribution in [0.5, 0.6) is 5.75 Å². The van der Waals surface area contributed by atoms with Gasteiger partial charge in [0.1, 0.15) is 5.75 Å². The summed E-state index contributed by atoms with van der Waals surface area (Å²) in [7, 11) is 0. The lowest BCUT2D eigenvalue weighted by Crippen LogP contribution is -2.45. The molecule has 2 aromatic rings. The Bertz CT molecular complexity index is 561. The summed E-state index contributed by atoms with van der Waals surface area (Å²) in [6.45, 7) is 4.98. The lowest BCUT2D eigenvalue weighted by molar-refractivity contribution is 0.252. The molecule has 1 aromatic heterocycles. The first-order chi connectivity index (χ1) is 9.70. The van der Waals surface area contributed by atoms with Gasteiger partial charge in [0.2, 0.25) is 0 Å². The van der Waals surface area contributed by atoms with Crippen LogP contribution in [0.15, 0.2) is 30.5 Å². The third kappa shape index (κ3) is 3.02. The first-order valence-electron chi connectivity index (χ1n) is 6.67. The molecule has 106 valence electrons. The van der Waals surface area contributed by atoms with Crippen molar-refractivity contribution in [2.75, 3.05) is 36.8 Å². The van der Waals surface area contributed by atoms with Crippen molar-refractivity contribution in [2.24, 2.45) is 0 Å². The molecule has 0 radical (unpaired) electrons. The standard InChI is InChI=1S/C14H18N4OS/c15-14-16-9-13(20-14)10-17-5-7-18(8-6-17)11-1-3-12(19)4-2-11/h1-4,9,19H,5-8,10H2,(H2,15,16). The van der Waals surface area contributed by atoms with Crippen molar-refractivity contribution < 1.29 is 5.11 Å². The van der Waals surface area contributed by atoms with Gasteiger partial charge in [0.15, 0.2) is 5.13 Å². The maximum atomic E-state index is 9.32. The first-order valence-corrected chi connectivity index (χ1v) is 7.49. The Balaban J connectivity index is 1.55. The molecule has 20 heavy (non-hydrogen) atoms. The molecule has 6 heteroatoms. The highest BCUT2D eigenvalue weighted by atomic mass is 32.1. The van der Waals surface area contributed by atoms with Crippen molar-refractivity contribution >= 4 is 22.2 Å². The van der Waals surface area contributed by atoms with Crippen LogP contribution in [-0.4, -0.2) is 41.2 Å². The number of nitrogens with zero attached hydrogens (tertiary/aromatic N) is 3. The van der Waals surface area contributed by atoms with Gasteiger partial charge in [-0.1, -0.05) is 0 Å². The third-order valence-electron chi connectivity index (χ3n) is 3.54. The highest BCUT2D eigenvalue weighted by Gasteiger charge is 2.17. The minimum Gasteiger partial charge on any atom is -0.508 e. The van der Waals surface area contributed by atoms with Gasteiger partial charge in [-0.2, -0.15) is 0 Å². The van der Waals surface area contributed by atoms with E-state index in [1.165, 1.54) is 10.6 Å². The van der Waals surface area contributed by atoms with E-state index in [-0.39, 0.29) is 0 Å². The van der Waals surface area contributed by atoms with Crippen molar-refractivity contribution in [3.63, 3.8) is 0 Å². The van der Waals surface area contributed by atoms with Crippen LogP contribution >= 0.6 is 11.3 Å². The number of nitrogen functional groups attached to an aromatic ring is 1. The average molecular weight is 290 g/mol. The number of rotatable bonds is 3. The number of aromatic hydroxyl groups is 1. The van der Waals surface area contributed by atoms with Gasteiger partial charge in [0.05, 0.1) is 0 Å².